The normalized spacial score (nSPS) is 10.4. The van der Waals surface area contributed by atoms with Crippen LogP contribution in [0.5, 0.6) is 11.5 Å². The summed E-state index contributed by atoms with van der Waals surface area (Å²) in [6, 6.07) is 16.1. The van der Waals surface area contributed by atoms with Crippen LogP contribution in [0.4, 0.5) is 0 Å². The monoisotopic (exact) mass is 308 g/mol. The first-order valence-electron chi connectivity index (χ1n) is 7.41. The van der Waals surface area contributed by atoms with E-state index >= 15 is 0 Å². The Kier molecular flexibility index (Phi) is 4.24. The molecule has 0 saturated carbocycles. The minimum atomic E-state index is 0.900. The lowest BCUT2D eigenvalue weighted by atomic mass is 10.2. The minimum absolute atomic E-state index is 0.900. The average Bonchev–Trinajstić information content (AvgIpc) is 3.21. The van der Waals surface area contributed by atoms with Crippen molar-refractivity contribution in [3.63, 3.8) is 0 Å². The van der Waals surface area contributed by atoms with Crippen LogP contribution in [-0.4, -0.2) is 23.8 Å². The van der Waals surface area contributed by atoms with Crippen LogP contribution >= 0.6 is 0 Å². The van der Waals surface area contributed by atoms with Crippen molar-refractivity contribution in [1.29, 1.82) is 0 Å². The second kappa shape index (κ2) is 6.48. The van der Waals surface area contributed by atoms with E-state index < -0.39 is 0 Å². The van der Waals surface area contributed by atoms with Crippen molar-refractivity contribution in [3.05, 3.63) is 60.9 Å². The number of rotatable bonds is 2. The molecule has 0 spiro atoms. The molecule has 0 aliphatic heterocycles. The number of fused-ring (bicyclic) bond motifs is 2. The van der Waals surface area contributed by atoms with Crippen LogP contribution in [0, 0.1) is 0 Å². The number of nitrogens with one attached hydrogen (secondary N) is 1. The predicted octanol–water partition coefficient (Wildman–Crippen LogP) is 4.36. The molecule has 0 bridgehead atoms. The quantitative estimate of drug-likeness (QED) is 0.597. The summed E-state index contributed by atoms with van der Waals surface area (Å²) in [5.41, 5.74) is 2.38. The molecule has 4 nitrogen and oxygen atoms in total. The first kappa shape index (κ1) is 15.0. The molecule has 0 radical (unpaired) electrons. The lowest BCUT2D eigenvalue weighted by molar-refractivity contribution is 0.415. The SMILES string of the molecule is COc1ccc2[nH]ccc2c1.COc1ccc2c(ccn2C)c1. The van der Waals surface area contributed by atoms with E-state index in [1.165, 1.54) is 16.3 Å². The number of H-pyrrole nitrogens is 1. The Bertz CT molecular complexity index is 921. The Morgan fingerprint density at radius 1 is 0.826 bits per heavy atom. The molecular weight excluding hydrogens is 288 g/mol. The summed E-state index contributed by atoms with van der Waals surface area (Å²) in [6.07, 6.45) is 3.97. The molecule has 4 rings (SSSR count). The van der Waals surface area contributed by atoms with Gasteiger partial charge >= 0.3 is 0 Å². The van der Waals surface area contributed by atoms with Crippen LogP contribution in [-0.2, 0) is 7.05 Å². The molecule has 0 aliphatic carbocycles. The van der Waals surface area contributed by atoms with Crippen LogP contribution < -0.4 is 9.47 Å². The van der Waals surface area contributed by atoms with Gasteiger partial charge in [-0.25, -0.2) is 0 Å². The van der Waals surface area contributed by atoms with Gasteiger partial charge in [-0.1, -0.05) is 0 Å². The van der Waals surface area contributed by atoms with E-state index in [0.717, 1.165) is 17.0 Å². The van der Waals surface area contributed by atoms with Gasteiger partial charge in [0, 0.05) is 41.2 Å². The van der Waals surface area contributed by atoms with E-state index in [4.69, 9.17) is 9.47 Å². The van der Waals surface area contributed by atoms with Crippen molar-refractivity contribution >= 4 is 21.8 Å². The molecule has 0 amide bonds. The van der Waals surface area contributed by atoms with Gasteiger partial charge in [-0.3, -0.25) is 0 Å². The molecule has 4 aromatic rings. The van der Waals surface area contributed by atoms with Crippen LogP contribution in [0.15, 0.2) is 60.9 Å². The van der Waals surface area contributed by atoms with Crippen molar-refractivity contribution in [3.8, 4) is 11.5 Å². The molecule has 0 fully saturated rings. The predicted molar refractivity (Wildman–Crippen MR) is 94.3 cm³/mol. The zero-order chi connectivity index (χ0) is 16.2. The first-order chi connectivity index (χ1) is 11.2. The smallest absolute Gasteiger partial charge is 0.119 e. The molecule has 0 saturated heterocycles. The fourth-order valence-corrected chi connectivity index (χ4v) is 2.55. The zero-order valence-electron chi connectivity index (χ0n) is 13.5. The van der Waals surface area contributed by atoms with Crippen LogP contribution in [0.25, 0.3) is 21.8 Å². The van der Waals surface area contributed by atoms with Gasteiger partial charge in [0.05, 0.1) is 14.2 Å². The number of benzene rings is 2. The number of aromatic nitrogens is 2. The van der Waals surface area contributed by atoms with E-state index in [-0.39, 0.29) is 0 Å². The maximum atomic E-state index is 5.12. The third-order valence-electron chi connectivity index (χ3n) is 3.85. The van der Waals surface area contributed by atoms with Crippen LogP contribution in [0.2, 0.25) is 0 Å². The second-order valence-electron chi connectivity index (χ2n) is 5.28. The molecule has 0 atom stereocenters. The van der Waals surface area contributed by atoms with Gasteiger partial charge in [-0.15, -0.1) is 0 Å². The summed E-state index contributed by atoms with van der Waals surface area (Å²) < 4.78 is 12.3. The number of nitrogens with zero attached hydrogens (tertiary/aromatic N) is 1. The van der Waals surface area contributed by atoms with Gasteiger partial charge in [0.2, 0.25) is 0 Å². The number of methoxy groups -OCH3 is 2. The van der Waals surface area contributed by atoms with Gasteiger partial charge < -0.3 is 19.0 Å². The summed E-state index contributed by atoms with van der Waals surface area (Å²) in [7, 11) is 5.40. The second-order valence-corrected chi connectivity index (χ2v) is 5.28. The van der Waals surface area contributed by atoms with E-state index in [1.807, 2.05) is 55.8 Å². The van der Waals surface area contributed by atoms with Gasteiger partial charge in [-0.05, 0) is 48.5 Å². The maximum Gasteiger partial charge on any atom is 0.119 e. The third kappa shape index (κ3) is 3.16. The van der Waals surface area contributed by atoms with Gasteiger partial charge in [-0.2, -0.15) is 0 Å². The van der Waals surface area contributed by atoms with Gasteiger partial charge in [0.15, 0.2) is 0 Å². The largest absolute Gasteiger partial charge is 0.497 e. The molecule has 118 valence electrons. The Hall–Kier alpha value is -2.88. The topological polar surface area (TPSA) is 39.2 Å². The highest BCUT2D eigenvalue weighted by atomic mass is 16.5. The van der Waals surface area contributed by atoms with Crippen molar-refractivity contribution in [2.24, 2.45) is 7.05 Å². The maximum absolute atomic E-state index is 5.12. The number of hydrogen-bond donors (Lipinski definition) is 1. The molecule has 0 unspecified atom stereocenters. The Morgan fingerprint density at radius 3 is 2.26 bits per heavy atom. The lowest BCUT2D eigenvalue weighted by Gasteiger charge is -1.99. The van der Waals surface area contributed by atoms with Gasteiger partial charge in [0.25, 0.3) is 0 Å². The minimum Gasteiger partial charge on any atom is -0.497 e. The standard InChI is InChI=1S/C10H11NO.C9H9NO/c1-11-6-5-8-7-9(12-2)3-4-10(8)11;1-11-8-2-3-9-7(6-8)4-5-10-9/h3-7H,1-2H3;2-6,10H,1H3. The van der Waals surface area contributed by atoms with Crippen molar-refractivity contribution < 1.29 is 9.47 Å². The highest BCUT2D eigenvalue weighted by molar-refractivity contribution is 5.81. The van der Waals surface area contributed by atoms with Crippen LogP contribution in [0.3, 0.4) is 0 Å². The highest BCUT2D eigenvalue weighted by Gasteiger charge is 1.98. The molecular formula is C19H20N2O2. The van der Waals surface area contributed by atoms with Crippen molar-refractivity contribution in [2.75, 3.05) is 14.2 Å². The first-order valence-corrected chi connectivity index (χ1v) is 7.41. The fourth-order valence-electron chi connectivity index (χ4n) is 2.55. The van der Waals surface area contributed by atoms with E-state index in [2.05, 4.69) is 21.7 Å². The molecule has 2 aromatic carbocycles. The Morgan fingerprint density at radius 2 is 1.52 bits per heavy atom. The van der Waals surface area contributed by atoms with Gasteiger partial charge in [0.1, 0.15) is 11.5 Å². The van der Waals surface area contributed by atoms with E-state index in [9.17, 15) is 0 Å². The average molecular weight is 308 g/mol. The summed E-state index contributed by atoms with van der Waals surface area (Å²) in [4.78, 5) is 3.12. The Balaban J connectivity index is 0.000000136. The molecule has 1 N–H and O–H groups in total. The Labute approximate surface area is 135 Å². The highest BCUT2D eigenvalue weighted by Crippen LogP contribution is 2.20. The van der Waals surface area contributed by atoms with Crippen LogP contribution in [0.1, 0.15) is 0 Å². The third-order valence-corrected chi connectivity index (χ3v) is 3.85. The fraction of sp³-hybridized carbons (Fsp3) is 0.158. The number of hydrogen-bond acceptors (Lipinski definition) is 2. The summed E-state index contributed by atoms with van der Waals surface area (Å²) in [6.45, 7) is 0. The summed E-state index contributed by atoms with van der Waals surface area (Å²) >= 11 is 0. The molecule has 23 heavy (non-hydrogen) atoms. The van der Waals surface area contributed by atoms with E-state index in [0.29, 0.717) is 0 Å². The summed E-state index contributed by atoms with van der Waals surface area (Å²) in [5, 5.41) is 2.40. The van der Waals surface area contributed by atoms with Crippen molar-refractivity contribution in [1.82, 2.24) is 9.55 Å². The molecule has 0 aliphatic rings. The summed E-state index contributed by atoms with van der Waals surface area (Å²) in [5.74, 6) is 1.81. The molecule has 2 heterocycles. The zero-order valence-corrected chi connectivity index (χ0v) is 13.5. The number of aryl methyl sites for hydroxylation is 1. The van der Waals surface area contributed by atoms with Crippen molar-refractivity contribution in [2.45, 2.75) is 0 Å². The number of ether oxygens (including phenoxy) is 2. The lowest BCUT2D eigenvalue weighted by Crippen LogP contribution is -1.84. The van der Waals surface area contributed by atoms with E-state index in [1.54, 1.807) is 14.2 Å². The number of aromatic amines is 1. The molecule has 2 aromatic heterocycles. The molecule has 4 heteroatoms.